The molecule has 1 aliphatic rings. The minimum atomic E-state index is -0.756. The van der Waals surface area contributed by atoms with Crippen LogP contribution in [0.1, 0.15) is 47.2 Å². The fraction of sp³-hybridized carbons (Fsp3) is 0.345. The van der Waals surface area contributed by atoms with Gasteiger partial charge in [-0.05, 0) is 51.2 Å². The number of thiazole rings is 1. The van der Waals surface area contributed by atoms with Crippen molar-refractivity contribution in [3.05, 3.63) is 76.0 Å². The van der Waals surface area contributed by atoms with Crippen LogP contribution < -0.4 is 4.74 Å². The number of para-hydroxylation sites is 3. The van der Waals surface area contributed by atoms with Crippen molar-refractivity contribution in [3.8, 4) is 5.75 Å². The number of aryl methyl sites for hydroxylation is 1. The molecule has 3 heterocycles. The third kappa shape index (κ3) is 4.25. The van der Waals surface area contributed by atoms with Crippen LogP contribution in [0.25, 0.3) is 16.0 Å². The van der Waals surface area contributed by atoms with Crippen molar-refractivity contribution in [2.24, 2.45) is 0 Å². The van der Waals surface area contributed by atoms with E-state index in [1.165, 1.54) is 11.3 Å². The summed E-state index contributed by atoms with van der Waals surface area (Å²) in [6.45, 7) is 9.14. The number of carbonyl (C=O) groups excluding carboxylic acids is 2. The van der Waals surface area contributed by atoms with Gasteiger partial charge >= 0.3 is 0 Å². The van der Waals surface area contributed by atoms with E-state index >= 15 is 0 Å². The number of imidazole rings is 1. The van der Waals surface area contributed by atoms with Gasteiger partial charge in [-0.2, -0.15) is 0 Å². The van der Waals surface area contributed by atoms with Gasteiger partial charge in [0, 0.05) is 17.8 Å². The zero-order valence-corrected chi connectivity index (χ0v) is 22.9. The molecule has 8 nitrogen and oxygen atoms in total. The number of ketones is 1. The summed E-state index contributed by atoms with van der Waals surface area (Å²) in [4.78, 5) is 37.3. The Kier molecular flexibility index (Phi) is 7.23. The van der Waals surface area contributed by atoms with Crippen LogP contribution in [0.3, 0.4) is 0 Å². The lowest BCUT2D eigenvalue weighted by molar-refractivity contribution is -0.129. The molecular weight excluding hydrogens is 500 g/mol. The maximum absolute atomic E-state index is 14.2. The second-order valence-corrected chi connectivity index (χ2v) is 10.3. The third-order valence-corrected chi connectivity index (χ3v) is 8.48. The number of nitrogens with zero attached hydrogens (tertiary/aromatic N) is 4. The van der Waals surface area contributed by atoms with Crippen molar-refractivity contribution in [3.63, 3.8) is 0 Å². The largest absolute Gasteiger partial charge is 0.503 e. The molecule has 1 atom stereocenters. The fourth-order valence-corrected chi connectivity index (χ4v) is 6.43. The van der Waals surface area contributed by atoms with E-state index in [0.29, 0.717) is 34.1 Å². The molecule has 0 radical (unpaired) electrons. The van der Waals surface area contributed by atoms with Gasteiger partial charge in [-0.15, -0.1) is 0 Å². The van der Waals surface area contributed by atoms with Crippen LogP contribution in [-0.2, 0) is 4.79 Å². The molecular formula is C29H32N4O4S. The van der Waals surface area contributed by atoms with E-state index in [0.717, 1.165) is 36.4 Å². The smallest absolute Gasteiger partial charge is 0.290 e. The summed E-state index contributed by atoms with van der Waals surface area (Å²) in [7, 11) is 1.56. The zero-order chi connectivity index (χ0) is 27.0. The molecule has 9 heteroatoms. The lowest BCUT2D eigenvalue weighted by atomic mass is 9.94. The molecule has 0 fully saturated rings. The molecule has 2 aromatic carbocycles. The van der Waals surface area contributed by atoms with Crippen molar-refractivity contribution in [2.75, 3.05) is 33.3 Å². The summed E-state index contributed by atoms with van der Waals surface area (Å²) in [5.41, 5.74) is 3.25. The van der Waals surface area contributed by atoms with Crippen molar-refractivity contribution in [1.82, 2.24) is 19.2 Å². The van der Waals surface area contributed by atoms with Gasteiger partial charge in [0.05, 0.1) is 34.6 Å². The maximum atomic E-state index is 14.2. The molecule has 1 unspecified atom stereocenters. The van der Waals surface area contributed by atoms with Crippen LogP contribution in [0.4, 0.5) is 0 Å². The summed E-state index contributed by atoms with van der Waals surface area (Å²) in [6.07, 6.45) is 0.714. The summed E-state index contributed by atoms with van der Waals surface area (Å²) in [5, 5.41) is 11.1. The molecule has 0 spiro atoms. The summed E-state index contributed by atoms with van der Waals surface area (Å²) in [6, 6.07) is 14.4. The normalized spacial score (nSPS) is 16.0. The Balaban J connectivity index is 1.57. The number of amides is 1. The molecule has 0 saturated carbocycles. The Bertz CT molecular complexity index is 1550. The highest BCUT2D eigenvalue weighted by Crippen LogP contribution is 2.43. The topological polar surface area (TPSA) is 87.4 Å². The third-order valence-electron chi connectivity index (χ3n) is 7.34. The Hall–Kier alpha value is -3.69. The van der Waals surface area contributed by atoms with E-state index in [1.807, 2.05) is 59.9 Å². The van der Waals surface area contributed by atoms with Crippen molar-refractivity contribution >= 4 is 39.0 Å². The predicted molar refractivity (Wildman–Crippen MR) is 149 cm³/mol. The number of carbonyl (C=O) groups is 2. The quantitative estimate of drug-likeness (QED) is 0.283. The number of fused-ring (bicyclic) bond motifs is 3. The second-order valence-electron chi connectivity index (χ2n) is 9.35. The van der Waals surface area contributed by atoms with Crippen LogP contribution in [0.2, 0.25) is 0 Å². The molecule has 4 aromatic rings. The lowest BCUT2D eigenvalue weighted by Gasteiger charge is -2.29. The van der Waals surface area contributed by atoms with Gasteiger partial charge in [-0.3, -0.25) is 14.0 Å². The minimum Gasteiger partial charge on any atom is -0.503 e. The van der Waals surface area contributed by atoms with E-state index in [9.17, 15) is 14.7 Å². The molecule has 0 saturated heterocycles. The fourth-order valence-electron chi connectivity index (χ4n) is 5.33. The number of hydrogen-bond acceptors (Lipinski definition) is 7. The Labute approximate surface area is 225 Å². The Morgan fingerprint density at radius 1 is 1.13 bits per heavy atom. The molecule has 1 N–H and O–H groups in total. The van der Waals surface area contributed by atoms with E-state index in [1.54, 1.807) is 12.0 Å². The van der Waals surface area contributed by atoms with E-state index in [2.05, 4.69) is 23.7 Å². The highest BCUT2D eigenvalue weighted by molar-refractivity contribution is 7.19. The molecule has 0 aliphatic carbocycles. The summed E-state index contributed by atoms with van der Waals surface area (Å²) >= 11 is 1.27. The van der Waals surface area contributed by atoms with Gasteiger partial charge in [0.25, 0.3) is 5.91 Å². The Morgan fingerprint density at radius 3 is 2.58 bits per heavy atom. The maximum Gasteiger partial charge on any atom is 0.290 e. The van der Waals surface area contributed by atoms with E-state index in [-0.39, 0.29) is 11.4 Å². The number of ether oxygens (including phenoxy) is 1. The number of rotatable bonds is 10. The average molecular weight is 533 g/mol. The van der Waals surface area contributed by atoms with Crippen molar-refractivity contribution in [1.29, 1.82) is 0 Å². The molecule has 2 aromatic heterocycles. The Morgan fingerprint density at radius 2 is 1.84 bits per heavy atom. The summed E-state index contributed by atoms with van der Waals surface area (Å²) < 4.78 is 7.58. The first-order valence-electron chi connectivity index (χ1n) is 12.9. The van der Waals surface area contributed by atoms with Crippen molar-refractivity contribution < 1.29 is 19.4 Å². The van der Waals surface area contributed by atoms with Gasteiger partial charge in [-0.1, -0.05) is 55.5 Å². The number of Topliss-reactive ketones (excluding diaryl/α,β-unsaturated/α-hetero) is 1. The van der Waals surface area contributed by atoms with Crippen LogP contribution in [0.15, 0.2) is 59.9 Å². The number of aromatic nitrogens is 2. The second kappa shape index (κ2) is 10.6. The standard InChI is InChI=1S/C29H32N4O4S/c1-5-31(6-2)16-11-17-32-24(19-12-7-10-15-22(19)37-4)23(26(35)28(32)36)25(34)27-18(3)33-21-14-9-8-13-20(21)30-29(33)38-27/h7-10,12-15,24,35H,5-6,11,16-17H2,1-4H3. The number of aliphatic hydroxyl groups is 1. The molecule has 1 aliphatic heterocycles. The first-order chi connectivity index (χ1) is 18.4. The molecule has 38 heavy (non-hydrogen) atoms. The summed E-state index contributed by atoms with van der Waals surface area (Å²) in [5.74, 6) is -0.838. The predicted octanol–water partition coefficient (Wildman–Crippen LogP) is 5.18. The lowest BCUT2D eigenvalue weighted by Crippen LogP contribution is -2.34. The molecule has 5 rings (SSSR count). The van der Waals surface area contributed by atoms with Crippen LogP contribution in [-0.4, -0.2) is 69.3 Å². The van der Waals surface area contributed by atoms with Gasteiger partial charge in [0.15, 0.2) is 10.7 Å². The number of methoxy groups -OCH3 is 1. The SMILES string of the molecule is CCN(CC)CCCN1C(=O)C(O)=C(C(=O)c2sc3nc4ccccc4n3c2C)C1c1ccccc1OC. The highest BCUT2D eigenvalue weighted by Gasteiger charge is 2.45. The first-order valence-corrected chi connectivity index (χ1v) is 13.7. The number of hydrogen-bond donors (Lipinski definition) is 1. The monoisotopic (exact) mass is 532 g/mol. The number of benzene rings is 2. The minimum absolute atomic E-state index is 0.0826. The molecule has 1 amide bonds. The van der Waals surface area contributed by atoms with Gasteiger partial charge in [0.2, 0.25) is 5.78 Å². The van der Waals surface area contributed by atoms with Gasteiger partial charge in [-0.25, -0.2) is 4.98 Å². The number of aliphatic hydroxyl groups excluding tert-OH is 1. The average Bonchev–Trinajstić information content (AvgIpc) is 3.55. The van der Waals surface area contributed by atoms with Crippen molar-refractivity contribution in [2.45, 2.75) is 33.2 Å². The van der Waals surface area contributed by atoms with Crippen LogP contribution >= 0.6 is 11.3 Å². The molecule has 198 valence electrons. The van der Waals surface area contributed by atoms with Crippen LogP contribution in [0, 0.1) is 6.92 Å². The van der Waals surface area contributed by atoms with E-state index in [4.69, 9.17) is 4.74 Å². The van der Waals surface area contributed by atoms with E-state index < -0.39 is 17.7 Å². The zero-order valence-electron chi connectivity index (χ0n) is 22.1. The first kappa shape index (κ1) is 25.9. The van der Waals surface area contributed by atoms with Gasteiger partial charge < -0.3 is 19.6 Å². The highest BCUT2D eigenvalue weighted by atomic mass is 32.1. The molecule has 0 bridgehead atoms. The van der Waals surface area contributed by atoms with Crippen LogP contribution in [0.5, 0.6) is 5.75 Å². The van der Waals surface area contributed by atoms with Gasteiger partial charge in [0.1, 0.15) is 5.75 Å².